The molecule has 0 saturated heterocycles. The molecule has 1 aromatic carbocycles. The third kappa shape index (κ3) is 2.05. The van der Waals surface area contributed by atoms with Crippen LogP contribution in [0.25, 0.3) is 0 Å². The van der Waals surface area contributed by atoms with Crippen LogP contribution in [0.1, 0.15) is 36.2 Å². The smallest absolute Gasteiger partial charge is 0.256 e. The summed E-state index contributed by atoms with van der Waals surface area (Å²) in [6, 6.07) is 7.79. The number of anilines is 1. The van der Waals surface area contributed by atoms with Crippen LogP contribution >= 0.6 is 0 Å². The van der Waals surface area contributed by atoms with Gasteiger partial charge in [0.05, 0.1) is 11.5 Å². The Bertz CT molecular complexity index is 694. The molecule has 0 saturated carbocycles. The van der Waals surface area contributed by atoms with Crippen LogP contribution in [0.2, 0.25) is 0 Å². The number of nitrogen functional groups attached to an aromatic ring is 1. The van der Waals surface area contributed by atoms with Crippen molar-refractivity contribution >= 4 is 5.82 Å². The summed E-state index contributed by atoms with van der Waals surface area (Å²) in [6.07, 6.45) is 1.51. The van der Waals surface area contributed by atoms with Crippen molar-refractivity contribution in [3.05, 3.63) is 51.6 Å². The van der Waals surface area contributed by atoms with E-state index in [0.717, 1.165) is 17.7 Å². The van der Waals surface area contributed by atoms with Crippen LogP contribution in [0.3, 0.4) is 0 Å². The van der Waals surface area contributed by atoms with Crippen molar-refractivity contribution in [3.8, 4) is 5.75 Å². The van der Waals surface area contributed by atoms with E-state index in [2.05, 4.69) is 9.97 Å². The topological polar surface area (TPSA) is 81.0 Å². The fourth-order valence-corrected chi connectivity index (χ4v) is 2.58. The zero-order valence-corrected chi connectivity index (χ0v) is 11.3. The van der Waals surface area contributed by atoms with E-state index in [1.54, 1.807) is 0 Å². The lowest BCUT2D eigenvalue weighted by Crippen LogP contribution is -2.22. The van der Waals surface area contributed by atoms with Crippen molar-refractivity contribution in [1.29, 1.82) is 0 Å². The van der Waals surface area contributed by atoms with Crippen molar-refractivity contribution in [2.45, 2.75) is 25.7 Å². The molecular weight excluding hydrogens is 254 g/mol. The number of nitrogens with two attached hydrogens (primary N) is 1. The molecule has 5 nitrogen and oxygen atoms in total. The summed E-state index contributed by atoms with van der Waals surface area (Å²) >= 11 is 0. The lowest BCUT2D eigenvalue weighted by molar-refractivity contribution is 0.339. The number of benzene rings is 1. The minimum Gasteiger partial charge on any atom is -0.492 e. The van der Waals surface area contributed by atoms with Gasteiger partial charge < -0.3 is 15.5 Å². The minimum absolute atomic E-state index is 0.0584. The number of H-pyrrole nitrogens is 1. The summed E-state index contributed by atoms with van der Waals surface area (Å²) < 4.78 is 5.62. The Labute approximate surface area is 116 Å². The zero-order valence-electron chi connectivity index (χ0n) is 11.3. The largest absolute Gasteiger partial charge is 0.492 e. The van der Waals surface area contributed by atoms with Crippen LogP contribution in [-0.2, 0) is 6.42 Å². The van der Waals surface area contributed by atoms with Gasteiger partial charge in [-0.3, -0.25) is 4.79 Å². The number of fused-ring (bicyclic) bond motifs is 1. The number of aromatic amines is 1. The van der Waals surface area contributed by atoms with Gasteiger partial charge in [-0.1, -0.05) is 31.5 Å². The summed E-state index contributed by atoms with van der Waals surface area (Å²) in [5.41, 5.74) is 7.40. The first-order valence-corrected chi connectivity index (χ1v) is 6.81. The molecule has 2 aromatic rings. The number of nitrogens with one attached hydrogen (secondary N) is 1. The molecule has 0 spiro atoms. The lowest BCUT2D eigenvalue weighted by Gasteiger charge is -2.10. The van der Waals surface area contributed by atoms with Gasteiger partial charge in [0.2, 0.25) is 0 Å². The molecule has 1 unspecified atom stereocenters. The molecule has 0 aliphatic carbocycles. The van der Waals surface area contributed by atoms with Crippen LogP contribution in [-0.4, -0.2) is 16.6 Å². The molecule has 0 fully saturated rings. The van der Waals surface area contributed by atoms with E-state index in [9.17, 15) is 4.79 Å². The number of hydrogen-bond donors (Lipinski definition) is 2. The fraction of sp³-hybridized carbons (Fsp3) is 0.333. The summed E-state index contributed by atoms with van der Waals surface area (Å²) in [5, 5.41) is 0. The normalized spacial score (nSPS) is 16.8. The summed E-state index contributed by atoms with van der Waals surface area (Å²) in [4.78, 5) is 19.3. The van der Waals surface area contributed by atoms with E-state index >= 15 is 0 Å². The quantitative estimate of drug-likeness (QED) is 0.892. The molecule has 0 bridgehead atoms. The van der Waals surface area contributed by atoms with Gasteiger partial charge in [-0.05, 0) is 12.5 Å². The molecule has 3 N–H and O–H groups in total. The first kappa shape index (κ1) is 12.7. The number of aromatic nitrogens is 2. The molecule has 3 rings (SSSR count). The van der Waals surface area contributed by atoms with Gasteiger partial charge in [0.15, 0.2) is 0 Å². The average molecular weight is 271 g/mol. The fourth-order valence-electron chi connectivity index (χ4n) is 2.58. The van der Waals surface area contributed by atoms with E-state index in [4.69, 9.17) is 10.5 Å². The second kappa shape index (κ2) is 5.00. The highest BCUT2D eigenvalue weighted by Crippen LogP contribution is 2.36. The summed E-state index contributed by atoms with van der Waals surface area (Å²) in [7, 11) is 0. The summed E-state index contributed by atoms with van der Waals surface area (Å²) in [6.45, 7) is 2.49. The Hall–Kier alpha value is -2.30. The van der Waals surface area contributed by atoms with E-state index in [1.807, 2.05) is 31.2 Å². The van der Waals surface area contributed by atoms with Crippen molar-refractivity contribution < 1.29 is 4.74 Å². The van der Waals surface area contributed by atoms with Gasteiger partial charge in [-0.2, -0.15) is 0 Å². The molecular formula is C15H17N3O2. The van der Waals surface area contributed by atoms with Crippen molar-refractivity contribution in [2.75, 3.05) is 12.3 Å². The molecule has 0 radical (unpaired) electrons. The third-order valence-electron chi connectivity index (χ3n) is 3.60. The molecule has 5 heteroatoms. The summed E-state index contributed by atoms with van der Waals surface area (Å²) in [5.74, 6) is 1.69. The first-order chi connectivity index (χ1) is 9.70. The second-order valence-corrected chi connectivity index (χ2v) is 4.97. The van der Waals surface area contributed by atoms with Crippen molar-refractivity contribution in [1.82, 2.24) is 9.97 Å². The van der Waals surface area contributed by atoms with Crippen molar-refractivity contribution in [2.24, 2.45) is 0 Å². The van der Waals surface area contributed by atoms with Crippen LogP contribution < -0.4 is 16.0 Å². The van der Waals surface area contributed by atoms with Gasteiger partial charge in [-0.15, -0.1) is 0 Å². The van der Waals surface area contributed by atoms with Gasteiger partial charge >= 0.3 is 0 Å². The van der Waals surface area contributed by atoms with Gasteiger partial charge in [0, 0.05) is 5.56 Å². The third-order valence-corrected chi connectivity index (χ3v) is 3.60. The van der Waals surface area contributed by atoms with Crippen molar-refractivity contribution in [3.63, 3.8) is 0 Å². The molecule has 1 atom stereocenters. The number of para-hydroxylation sites is 1. The number of rotatable bonds is 3. The molecule has 2 heterocycles. The molecule has 1 aliphatic rings. The molecule has 0 amide bonds. The van der Waals surface area contributed by atoms with E-state index in [-0.39, 0.29) is 11.5 Å². The highest BCUT2D eigenvalue weighted by Gasteiger charge is 2.28. The number of ether oxygens (including phenoxy) is 1. The molecule has 104 valence electrons. The monoisotopic (exact) mass is 271 g/mol. The zero-order chi connectivity index (χ0) is 14.1. The Morgan fingerprint density at radius 3 is 3.00 bits per heavy atom. The van der Waals surface area contributed by atoms with Crippen LogP contribution in [0.4, 0.5) is 5.82 Å². The van der Waals surface area contributed by atoms with Gasteiger partial charge in [0.1, 0.15) is 24.0 Å². The number of hydrogen-bond acceptors (Lipinski definition) is 4. The second-order valence-electron chi connectivity index (χ2n) is 4.97. The Morgan fingerprint density at radius 2 is 2.25 bits per heavy atom. The predicted octanol–water partition coefficient (Wildman–Crippen LogP) is 1.83. The Balaban J connectivity index is 2.03. The van der Waals surface area contributed by atoms with E-state index < -0.39 is 0 Å². The maximum absolute atomic E-state index is 12.1. The molecule has 20 heavy (non-hydrogen) atoms. The number of nitrogens with zero attached hydrogens (tertiary/aromatic N) is 1. The highest BCUT2D eigenvalue weighted by atomic mass is 16.5. The maximum atomic E-state index is 12.1. The standard InChI is InChI=1S/C15H17N3O2/c1-2-5-10-13(16)17-14(18-15(10)19)11-8-20-12-7-4-3-6-9(11)12/h3-4,6-7,11H,2,5,8H2,1H3,(H3,16,17,18,19). The predicted molar refractivity (Wildman–Crippen MR) is 77.0 cm³/mol. The van der Waals surface area contributed by atoms with Gasteiger partial charge in [-0.25, -0.2) is 4.98 Å². The Kier molecular flexibility index (Phi) is 3.18. The first-order valence-electron chi connectivity index (χ1n) is 6.81. The minimum atomic E-state index is -0.140. The Morgan fingerprint density at radius 1 is 1.45 bits per heavy atom. The lowest BCUT2D eigenvalue weighted by atomic mass is 10.0. The van der Waals surface area contributed by atoms with Gasteiger partial charge in [0.25, 0.3) is 5.56 Å². The maximum Gasteiger partial charge on any atom is 0.256 e. The average Bonchev–Trinajstić information content (AvgIpc) is 2.86. The highest BCUT2D eigenvalue weighted by molar-refractivity contribution is 5.45. The SMILES string of the molecule is CCCc1c(N)nc(C2COc3ccccc32)[nH]c1=O. The van der Waals surface area contributed by atoms with Crippen LogP contribution in [0.15, 0.2) is 29.1 Å². The molecule has 1 aliphatic heterocycles. The molecule has 1 aromatic heterocycles. The van der Waals surface area contributed by atoms with Crippen LogP contribution in [0, 0.1) is 0 Å². The van der Waals surface area contributed by atoms with E-state index in [0.29, 0.717) is 30.2 Å². The van der Waals surface area contributed by atoms with Crippen LogP contribution in [0.5, 0.6) is 5.75 Å². The van der Waals surface area contributed by atoms with E-state index in [1.165, 1.54) is 0 Å².